The Morgan fingerprint density at radius 1 is 1.48 bits per heavy atom. The fraction of sp³-hybridized carbons (Fsp3) is 0.333. The molecule has 12 heteroatoms. The first-order valence-electron chi connectivity index (χ1n) is 7.87. The Balaban J connectivity index is 2.32. The number of aromatic hydroxyl groups is 1. The molecule has 27 heavy (non-hydrogen) atoms. The second-order valence-corrected chi connectivity index (χ2v) is 5.55. The Hall–Kier alpha value is -3.70. The van der Waals surface area contributed by atoms with Crippen molar-refractivity contribution < 1.29 is 24.3 Å². The first-order chi connectivity index (χ1) is 12.9. The Morgan fingerprint density at radius 3 is 2.85 bits per heavy atom. The molecule has 0 spiro atoms. The number of hydrogen-bond donors (Lipinski definition) is 2. The highest BCUT2D eigenvalue weighted by Crippen LogP contribution is 2.46. The van der Waals surface area contributed by atoms with Gasteiger partial charge in [-0.05, 0) is 36.4 Å². The fourth-order valence-electron chi connectivity index (χ4n) is 2.95. The highest BCUT2D eigenvalue weighted by Gasteiger charge is 2.40. The predicted molar refractivity (Wildman–Crippen MR) is 90.2 cm³/mol. The number of phenols is 1. The molecule has 0 bridgehead atoms. The van der Waals surface area contributed by atoms with Crippen molar-refractivity contribution in [2.75, 3.05) is 19.0 Å². The SMILES string of the molecule is CCOc1c(O)ccc([C@H]2C(C(=O)OC)=C(C)Nc3nnnn32)c1[N+](=O)[O-]. The summed E-state index contributed by atoms with van der Waals surface area (Å²) < 4.78 is 11.3. The maximum absolute atomic E-state index is 12.4. The van der Waals surface area contributed by atoms with E-state index in [1.807, 2.05) is 0 Å². The summed E-state index contributed by atoms with van der Waals surface area (Å²) in [4.78, 5) is 23.5. The number of anilines is 1. The molecule has 2 N–H and O–H groups in total. The van der Waals surface area contributed by atoms with Crippen LogP contribution in [0.3, 0.4) is 0 Å². The van der Waals surface area contributed by atoms with Gasteiger partial charge in [0.1, 0.15) is 6.04 Å². The summed E-state index contributed by atoms with van der Waals surface area (Å²) in [6.07, 6.45) is 0. The lowest BCUT2D eigenvalue weighted by Gasteiger charge is -2.27. The van der Waals surface area contributed by atoms with Crippen LogP contribution in [0.25, 0.3) is 0 Å². The molecule has 0 saturated heterocycles. The van der Waals surface area contributed by atoms with Gasteiger partial charge in [-0.2, -0.15) is 4.68 Å². The molecule has 0 saturated carbocycles. The van der Waals surface area contributed by atoms with Gasteiger partial charge in [0.05, 0.1) is 29.8 Å². The molecule has 12 nitrogen and oxygen atoms in total. The van der Waals surface area contributed by atoms with E-state index >= 15 is 0 Å². The molecule has 0 fully saturated rings. The molecule has 0 aliphatic carbocycles. The number of aromatic nitrogens is 4. The minimum atomic E-state index is -1.05. The Morgan fingerprint density at radius 2 is 2.22 bits per heavy atom. The van der Waals surface area contributed by atoms with E-state index in [0.29, 0.717) is 5.70 Å². The van der Waals surface area contributed by atoms with Gasteiger partial charge < -0.3 is 19.9 Å². The largest absolute Gasteiger partial charge is 0.504 e. The van der Waals surface area contributed by atoms with E-state index in [2.05, 4.69) is 20.8 Å². The number of fused-ring (bicyclic) bond motifs is 1. The van der Waals surface area contributed by atoms with Crippen LogP contribution in [-0.4, -0.2) is 49.9 Å². The van der Waals surface area contributed by atoms with Gasteiger partial charge >= 0.3 is 11.7 Å². The standard InChI is InChI=1S/C15H16N6O6/c1-4-27-13-9(22)6-5-8(12(13)21(24)25)11-10(14(23)26-3)7(2)16-15-17-18-19-20(11)15/h5-6,11,22H,4H2,1-3H3,(H,16,17,19)/t11-/m0/s1. The van der Waals surface area contributed by atoms with Gasteiger partial charge in [-0.3, -0.25) is 10.1 Å². The van der Waals surface area contributed by atoms with E-state index in [1.165, 1.54) is 23.9 Å². The first kappa shape index (κ1) is 18.1. The average Bonchev–Trinajstić information content (AvgIpc) is 3.09. The van der Waals surface area contributed by atoms with E-state index in [0.717, 1.165) is 0 Å². The number of nitrogens with zero attached hydrogens (tertiary/aromatic N) is 5. The fourth-order valence-corrected chi connectivity index (χ4v) is 2.95. The van der Waals surface area contributed by atoms with Crippen LogP contribution in [0.15, 0.2) is 23.4 Å². The molecule has 0 unspecified atom stereocenters. The van der Waals surface area contributed by atoms with E-state index in [1.54, 1.807) is 13.8 Å². The molecule has 142 valence electrons. The number of nitrogens with one attached hydrogen (secondary N) is 1. The van der Waals surface area contributed by atoms with Gasteiger partial charge in [0.15, 0.2) is 5.75 Å². The molecular weight excluding hydrogens is 360 g/mol. The quantitative estimate of drug-likeness (QED) is 0.441. The van der Waals surface area contributed by atoms with E-state index in [4.69, 9.17) is 9.47 Å². The minimum Gasteiger partial charge on any atom is -0.504 e. The van der Waals surface area contributed by atoms with Gasteiger partial charge in [-0.25, -0.2) is 4.79 Å². The van der Waals surface area contributed by atoms with E-state index < -0.39 is 28.4 Å². The lowest BCUT2D eigenvalue weighted by Crippen LogP contribution is -2.29. The summed E-state index contributed by atoms with van der Waals surface area (Å²) in [6.45, 7) is 3.33. The molecule has 3 rings (SSSR count). The van der Waals surface area contributed by atoms with Crippen LogP contribution < -0.4 is 10.1 Å². The van der Waals surface area contributed by atoms with Crippen molar-refractivity contribution in [2.45, 2.75) is 19.9 Å². The molecule has 1 atom stereocenters. The van der Waals surface area contributed by atoms with Crippen LogP contribution in [0.5, 0.6) is 11.5 Å². The summed E-state index contributed by atoms with van der Waals surface area (Å²) in [5, 5.41) is 35.9. The molecule has 2 heterocycles. The molecular formula is C15H16N6O6. The number of allylic oxidation sites excluding steroid dienone is 1. The zero-order chi connectivity index (χ0) is 19.7. The highest BCUT2D eigenvalue weighted by molar-refractivity contribution is 5.92. The lowest BCUT2D eigenvalue weighted by atomic mass is 9.94. The summed E-state index contributed by atoms with van der Waals surface area (Å²) in [5.41, 5.74) is 0.0541. The Kier molecular flexibility index (Phi) is 4.62. The normalized spacial score (nSPS) is 15.7. The zero-order valence-electron chi connectivity index (χ0n) is 14.7. The second-order valence-electron chi connectivity index (χ2n) is 5.55. The number of hydrogen-bond acceptors (Lipinski definition) is 10. The smallest absolute Gasteiger partial charge is 0.338 e. The number of rotatable bonds is 5. The molecule has 1 aromatic carbocycles. The number of carbonyl (C=O) groups excluding carboxylic acids is 1. The number of esters is 1. The monoisotopic (exact) mass is 376 g/mol. The Bertz CT molecular complexity index is 952. The third kappa shape index (κ3) is 2.90. The van der Waals surface area contributed by atoms with E-state index in [-0.39, 0.29) is 29.4 Å². The topological polar surface area (TPSA) is 155 Å². The number of nitro benzene ring substituents is 1. The first-order valence-corrected chi connectivity index (χ1v) is 7.87. The van der Waals surface area contributed by atoms with Gasteiger partial charge in [-0.15, -0.1) is 0 Å². The van der Waals surface area contributed by atoms with Gasteiger partial charge in [-0.1, -0.05) is 5.10 Å². The number of tetrazole rings is 1. The number of methoxy groups -OCH3 is 1. The number of ether oxygens (including phenoxy) is 2. The molecule has 0 amide bonds. The van der Waals surface area contributed by atoms with Crippen molar-refractivity contribution in [1.82, 2.24) is 20.2 Å². The average molecular weight is 376 g/mol. The molecule has 2 aromatic rings. The molecule has 1 aromatic heterocycles. The van der Waals surface area contributed by atoms with Crippen LogP contribution in [0.1, 0.15) is 25.5 Å². The lowest BCUT2D eigenvalue weighted by molar-refractivity contribution is -0.386. The maximum atomic E-state index is 12.4. The Labute approximate surface area is 152 Å². The zero-order valence-corrected chi connectivity index (χ0v) is 14.7. The summed E-state index contributed by atoms with van der Waals surface area (Å²) in [6, 6.07) is 1.53. The van der Waals surface area contributed by atoms with Gasteiger partial charge in [0.25, 0.3) is 0 Å². The molecule has 1 aliphatic rings. The van der Waals surface area contributed by atoms with Crippen molar-refractivity contribution in [2.24, 2.45) is 0 Å². The van der Waals surface area contributed by atoms with Gasteiger partial charge in [0, 0.05) is 5.70 Å². The summed E-state index contributed by atoms with van der Waals surface area (Å²) in [7, 11) is 1.20. The van der Waals surface area contributed by atoms with Crippen molar-refractivity contribution in [1.29, 1.82) is 0 Å². The van der Waals surface area contributed by atoms with Crippen LogP contribution in [0.2, 0.25) is 0 Å². The minimum absolute atomic E-state index is 0.0658. The maximum Gasteiger partial charge on any atom is 0.338 e. The molecule has 1 aliphatic heterocycles. The number of phenolic OH excluding ortho intramolecular Hbond substituents is 1. The number of nitro groups is 1. The summed E-state index contributed by atoms with van der Waals surface area (Å²) >= 11 is 0. The van der Waals surface area contributed by atoms with Crippen molar-refractivity contribution in [3.05, 3.63) is 39.1 Å². The third-order valence-electron chi connectivity index (χ3n) is 4.03. The highest BCUT2D eigenvalue weighted by atomic mass is 16.6. The van der Waals surface area contributed by atoms with E-state index in [9.17, 15) is 20.0 Å². The number of benzene rings is 1. The van der Waals surface area contributed by atoms with Crippen molar-refractivity contribution in [3.63, 3.8) is 0 Å². The predicted octanol–water partition coefficient (Wildman–Crippen LogP) is 1.15. The van der Waals surface area contributed by atoms with Crippen LogP contribution in [0, 0.1) is 10.1 Å². The number of carbonyl (C=O) groups is 1. The molecule has 0 radical (unpaired) electrons. The third-order valence-corrected chi connectivity index (χ3v) is 4.03. The van der Waals surface area contributed by atoms with Crippen LogP contribution in [-0.2, 0) is 9.53 Å². The second kappa shape index (κ2) is 6.90. The van der Waals surface area contributed by atoms with Crippen LogP contribution >= 0.6 is 0 Å². The van der Waals surface area contributed by atoms with Crippen LogP contribution in [0.4, 0.5) is 11.6 Å². The van der Waals surface area contributed by atoms with Gasteiger partial charge in [0.2, 0.25) is 11.7 Å². The van der Waals surface area contributed by atoms with Crippen molar-refractivity contribution in [3.8, 4) is 11.5 Å². The van der Waals surface area contributed by atoms with Crippen molar-refractivity contribution >= 4 is 17.6 Å². The summed E-state index contributed by atoms with van der Waals surface area (Å²) in [5.74, 6) is -1.19.